The van der Waals surface area contributed by atoms with Crippen molar-refractivity contribution >= 4 is 6.03 Å². The van der Waals surface area contributed by atoms with E-state index in [-0.39, 0.29) is 12.1 Å². The Morgan fingerprint density at radius 1 is 1.47 bits per heavy atom. The summed E-state index contributed by atoms with van der Waals surface area (Å²) in [5.74, 6) is 0. The first kappa shape index (κ1) is 12.3. The van der Waals surface area contributed by atoms with E-state index in [1.807, 2.05) is 13.8 Å². The van der Waals surface area contributed by atoms with Gasteiger partial charge in [0, 0.05) is 19.2 Å². The summed E-state index contributed by atoms with van der Waals surface area (Å²) in [6, 6.07) is 0.376. The molecule has 2 amide bonds. The fraction of sp³-hybridized carbons (Fsp3) is 0.909. The van der Waals surface area contributed by atoms with E-state index in [9.17, 15) is 4.79 Å². The summed E-state index contributed by atoms with van der Waals surface area (Å²) in [6.07, 6.45) is 4.64. The fourth-order valence-corrected chi connectivity index (χ4v) is 1.38. The molecule has 0 aliphatic heterocycles. The second-order valence-electron chi connectivity index (χ2n) is 4.30. The van der Waals surface area contributed by atoms with E-state index in [2.05, 4.69) is 10.6 Å². The van der Waals surface area contributed by atoms with Crippen molar-refractivity contribution in [2.24, 2.45) is 0 Å². The molecule has 0 saturated heterocycles. The Kier molecular flexibility index (Phi) is 5.47. The molecule has 0 spiro atoms. The summed E-state index contributed by atoms with van der Waals surface area (Å²) in [5, 5.41) is 5.75. The molecule has 0 aromatic carbocycles. The summed E-state index contributed by atoms with van der Waals surface area (Å²) in [7, 11) is 0. The largest absolute Gasteiger partial charge is 0.379 e. The molecular formula is C11H22N2O2. The smallest absolute Gasteiger partial charge is 0.315 e. The van der Waals surface area contributed by atoms with Gasteiger partial charge in [-0.1, -0.05) is 0 Å². The summed E-state index contributed by atoms with van der Waals surface area (Å²) < 4.78 is 5.37. The van der Waals surface area contributed by atoms with Crippen LogP contribution < -0.4 is 10.6 Å². The third-order valence-electron chi connectivity index (χ3n) is 2.50. The highest BCUT2D eigenvalue weighted by atomic mass is 16.5. The zero-order valence-corrected chi connectivity index (χ0v) is 9.71. The lowest BCUT2D eigenvalue weighted by Gasteiger charge is -2.26. The number of carbonyl (C=O) groups excluding carboxylic acids is 1. The van der Waals surface area contributed by atoms with Gasteiger partial charge in [0.2, 0.25) is 0 Å². The van der Waals surface area contributed by atoms with Gasteiger partial charge in [0.05, 0.1) is 6.10 Å². The van der Waals surface area contributed by atoms with Gasteiger partial charge in [-0.05, 0) is 39.5 Å². The van der Waals surface area contributed by atoms with Gasteiger partial charge in [0.1, 0.15) is 0 Å². The van der Waals surface area contributed by atoms with Crippen LogP contribution in [-0.4, -0.2) is 31.3 Å². The van der Waals surface area contributed by atoms with Crippen LogP contribution in [-0.2, 0) is 4.74 Å². The standard InChI is InChI=1S/C11H22N2O2/c1-9(2)15-8-4-7-12-11(14)13-10-5-3-6-10/h9-10H,3-8H2,1-2H3,(H2,12,13,14). The molecule has 4 nitrogen and oxygen atoms in total. The van der Waals surface area contributed by atoms with Crippen molar-refractivity contribution in [1.29, 1.82) is 0 Å². The monoisotopic (exact) mass is 214 g/mol. The van der Waals surface area contributed by atoms with Crippen LogP contribution in [0.25, 0.3) is 0 Å². The third kappa shape index (κ3) is 5.62. The maximum absolute atomic E-state index is 11.3. The molecule has 1 rings (SSSR count). The van der Waals surface area contributed by atoms with E-state index in [1.165, 1.54) is 6.42 Å². The number of nitrogens with one attached hydrogen (secondary N) is 2. The highest BCUT2D eigenvalue weighted by Crippen LogP contribution is 2.17. The highest BCUT2D eigenvalue weighted by molar-refractivity contribution is 5.74. The van der Waals surface area contributed by atoms with Gasteiger partial charge in [0.15, 0.2) is 0 Å². The van der Waals surface area contributed by atoms with Gasteiger partial charge in [-0.15, -0.1) is 0 Å². The zero-order valence-electron chi connectivity index (χ0n) is 9.71. The Morgan fingerprint density at radius 2 is 2.20 bits per heavy atom. The molecule has 1 fully saturated rings. The Hall–Kier alpha value is -0.770. The number of amides is 2. The average molecular weight is 214 g/mol. The molecule has 0 aromatic rings. The number of rotatable bonds is 6. The van der Waals surface area contributed by atoms with Gasteiger partial charge < -0.3 is 15.4 Å². The molecule has 1 aliphatic rings. The maximum Gasteiger partial charge on any atom is 0.315 e. The van der Waals surface area contributed by atoms with Crippen molar-refractivity contribution in [2.45, 2.75) is 51.7 Å². The van der Waals surface area contributed by atoms with Crippen LogP contribution in [0.3, 0.4) is 0 Å². The Morgan fingerprint density at radius 3 is 2.73 bits per heavy atom. The first-order valence-corrected chi connectivity index (χ1v) is 5.84. The van der Waals surface area contributed by atoms with Crippen molar-refractivity contribution in [3.05, 3.63) is 0 Å². The van der Waals surface area contributed by atoms with E-state index in [0.717, 1.165) is 19.3 Å². The van der Waals surface area contributed by atoms with Crippen LogP contribution in [0, 0.1) is 0 Å². The molecule has 2 N–H and O–H groups in total. The SMILES string of the molecule is CC(C)OCCCNC(=O)NC1CCC1. The zero-order chi connectivity index (χ0) is 11.1. The first-order valence-electron chi connectivity index (χ1n) is 5.84. The molecule has 0 bridgehead atoms. The minimum Gasteiger partial charge on any atom is -0.379 e. The predicted octanol–water partition coefficient (Wildman–Crippen LogP) is 1.65. The van der Waals surface area contributed by atoms with Crippen LogP contribution in [0.5, 0.6) is 0 Å². The van der Waals surface area contributed by atoms with Gasteiger partial charge in [-0.25, -0.2) is 4.79 Å². The highest BCUT2D eigenvalue weighted by Gasteiger charge is 2.18. The van der Waals surface area contributed by atoms with Crippen LogP contribution in [0.1, 0.15) is 39.5 Å². The quantitative estimate of drug-likeness (QED) is 0.661. The topological polar surface area (TPSA) is 50.4 Å². The van der Waals surface area contributed by atoms with E-state index < -0.39 is 0 Å². The van der Waals surface area contributed by atoms with Crippen LogP contribution in [0.15, 0.2) is 0 Å². The first-order chi connectivity index (χ1) is 7.18. The van der Waals surface area contributed by atoms with Gasteiger partial charge in [-0.2, -0.15) is 0 Å². The van der Waals surface area contributed by atoms with Crippen LogP contribution in [0.4, 0.5) is 4.79 Å². The molecule has 15 heavy (non-hydrogen) atoms. The van der Waals surface area contributed by atoms with Crippen molar-refractivity contribution < 1.29 is 9.53 Å². The van der Waals surface area contributed by atoms with E-state index >= 15 is 0 Å². The normalized spacial score (nSPS) is 16.2. The average Bonchev–Trinajstić information content (AvgIpc) is 2.10. The van der Waals surface area contributed by atoms with Crippen LogP contribution in [0.2, 0.25) is 0 Å². The van der Waals surface area contributed by atoms with Crippen molar-refractivity contribution in [2.75, 3.05) is 13.2 Å². The van der Waals surface area contributed by atoms with E-state index in [4.69, 9.17) is 4.74 Å². The summed E-state index contributed by atoms with van der Waals surface area (Å²) in [5.41, 5.74) is 0. The molecule has 4 heteroatoms. The van der Waals surface area contributed by atoms with Gasteiger partial charge >= 0.3 is 6.03 Å². The minimum atomic E-state index is -0.0377. The molecule has 0 atom stereocenters. The molecule has 0 unspecified atom stereocenters. The Labute approximate surface area is 91.8 Å². The molecular weight excluding hydrogens is 192 g/mol. The fourth-order valence-electron chi connectivity index (χ4n) is 1.38. The lowest BCUT2D eigenvalue weighted by molar-refractivity contribution is 0.0774. The molecule has 1 saturated carbocycles. The second kappa shape index (κ2) is 6.67. The number of hydrogen-bond donors (Lipinski definition) is 2. The summed E-state index contributed by atoms with van der Waals surface area (Å²) in [6.45, 7) is 5.42. The lowest BCUT2D eigenvalue weighted by atomic mass is 9.93. The molecule has 1 aliphatic carbocycles. The van der Waals surface area contributed by atoms with Crippen molar-refractivity contribution in [3.8, 4) is 0 Å². The maximum atomic E-state index is 11.3. The Balaban J connectivity index is 1.88. The molecule has 0 aromatic heterocycles. The molecule has 0 radical (unpaired) electrons. The number of carbonyl (C=O) groups is 1. The number of urea groups is 1. The molecule has 88 valence electrons. The predicted molar refractivity (Wildman–Crippen MR) is 59.9 cm³/mol. The lowest BCUT2D eigenvalue weighted by Crippen LogP contribution is -2.45. The summed E-state index contributed by atoms with van der Waals surface area (Å²) in [4.78, 5) is 11.3. The minimum absolute atomic E-state index is 0.0377. The van der Waals surface area contributed by atoms with Crippen molar-refractivity contribution in [1.82, 2.24) is 10.6 Å². The third-order valence-corrected chi connectivity index (χ3v) is 2.50. The Bertz CT molecular complexity index is 191. The molecule has 0 heterocycles. The van der Waals surface area contributed by atoms with Gasteiger partial charge in [-0.3, -0.25) is 0 Å². The van der Waals surface area contributed by atoms with E-state index in [0.29, 0.717) is 19.2 Å². The van der Waals surface area contributed by atoms with Gasteiger partial charge in [0.25, 0.3) is 0 Å². The number of hydrogen-bond acceptors (Lipinski definition) is 2. The van der Waals surface area contributed by atoms with Crippen LogP contribution >= 0.6 is 0 Å². The number of ether oxygens (including phenoxy) is 1. The second-order valence-corrected chi connectivity index (χ2v) is 4.30. The summed E-state index contributed by atoms with van der Waals surface area (Å²) >= 11 is 0. The van der Waals surface area contributed by atoms with Crippen molar-refractivity contribution in [3.63, 3.8) is 0 Å². The van der Waals surface area contributed by atoms with E-state index in [1.54, 1.807) is 0 Å².